The minimum absolute atomic E-state index is 0.113. The van der Waals surface area contributed by atoms with Crippen molar-refractivity contribution in [3.63, 3.8) is 0 Å². The number of rotatable bonds is 2. The summed E-state index contributed by atoms with van der Waals surface area (Å²) in [4.78, 5) is 0. The van der Waals surface area contributed by atoms with Crippen LogP contribution in [0, 0.1) is 0 Å². The number of hydrogen-bond donors (Lipinski definition) is 1. The SMILES string of the molecule is CC(N)Cc1nn(C)c2ccc(Cl)cc12. The van der Waals surface area contributed by atoms with Crippen LogP contribution in [0.4, 0.5) is 0 Å². The molecule has 0 aliphatic heterocycles. The van der Waals surface area contributed by atoms with Crippen molar-refractivity contribution in [2.45, 2.75) is 19.4 Å². The van der Waals surface area contributed by atoms with Crippen molar-refractivity contribution in [3.8, 4) is 0 Å². The lowest BCUT2D eigenvalue weighted by Gasteiger charge is -2.01. The Hall–Kier alpha value is -1.06. The van der Waals surface area contributed by atoms with Gasteiger partial charge in [-0.3, -0.25) is 4.68 Å². The Bertz CT molecular complexity index is 488. The van der Waals surface area contributed by atoms with E-state index in [4.69, 9.17) is 17.3 Å². The number of fused-ring (bicyclic) bond motifs is 1. The molecular weight excluding hydrogens is 210 g/mol. The third-order valence-corrected chi connectivity index (χ3v) is 2.64. The molecule has 0 amide bonds. The summed E-state index contributed by atoms with van der Waals surface area (Å²) in [5, 5.41) is 6.29. The summed E-state index contributed by atoms with van der Waals surface area (Å²) < 4.78 is 1.86. The van der Waals surface area contributed by atoms with Crippen molar-refractivity contribution in [2.75, 3.05) is 0 Å². The van der Waals surface area contributed by atoms with Crippen LogP contribution >= 0.6 is 11.6 Å². The van der Waals surface area contributed by atoms with E-state index in [2.05, 4.69) is 5.10 Å². The summed E-state index contributed by atoms with van der Waals surface area (Å²) >= 11 is 5.97. The maximum absolute atomic E-state index is 5.97. The first-order valence-corrected chi connectivity index (χ1v) is 5.32. The van der Waals surface area contributed by atoms with E-state index in [0.717, 1.165) is 28.0 Å². The number of benzene rings is 1. The predicted octanol–water partition coefficient (Wildman–Crippen LogP) is 2.12. The molecule has 0 aliphatic carbocycles. The highest BCUT2D eigenvalue weighted by molar-refractivity contribution is 6.31. The molecule has 0 aliphatic rings. The maximum atomic E-state index is 5.97. The number of nitrogens with two attached hydrogens (primary N) is 1. The van der Waals surface area contributed by atoms with E-state index >= 15 is 0 Å². The van der Waals surface area contributed by atoms with Crippen molar-refractivity contribution in [1.82, 2.24) is 9.78 Å². The van der Waals surface area contributed by atoms with Gasteiger partial charge in [-0.2, -0.15) is 5.10 Å². The molecule has 0 fully saturated rings. The summed E-state index contributed by atoms with van der Waals surface area (Å²) in [6, 6.07) is 5.92. The third kappa shape index (κ3) is 1.98. The minimum atomic E-state index is 0.113. The van der Waals surface area contributed by atoms with E-state index in [1.165, 1.54) is 0 Å². The second kappa shape index (κ2) is 3.83. The quantitative estimate of drug-likeness (QED) is 0.848. The Morgan fingerprint density at radius 2 is 2.27 bits per heavy atom. The Morgan fingerprint density at radius 1 is 1.53 bits per heavy atom. The van der Waals surface area contributed by atoms with Gasteiger partial charge in [-0.25, -0.2) is 0 Å². The molecule has 15 heavy (non-hydrogen) atoms. The fraction of sp³-hybridized carbons (Fsp3) is 0.364. The molecule has 0 spiro atoms. The zero-order valence-corrected chi connectivity index (χ0v) is 9.62. The van der Waals surface area contributed by atoms with Gasteiger partial charge >= 0.3 is 0 Å². The van der Waals surface area contributed by atoms with Crippen molar-refractivity contribution < 1.29 is 0 Å². The van der Waals surface area contributed by atoms with E-state index < -0.39 is 0 Å². The molecule has 1 aromatic heterocycles. The molecule has 0 saturated carbocycles. The van der Waals surface area contributed by atoms with Crippen molar-refractivity contribution in [2.24, 2.45) is 12.8 Å². The first-order chi connectivity index (χ1) is 7.08. The van der Waals surface area contributed by atoms with E-state index in [1.54, 1.807) is 0 Å². The van der Waals surface area contributed by atoms with Gasteiger partial charge in [0, 0.05) is 29.9 Å². The largest absolute Gasteiger partial charge is 0.328 e. The van der Waals surface area contributed by atoms with E-state index in [9.17, 15) is 0 Å². The molecule has 0 bridgehead atoms. The second-order valence-electron chi connectivity index (χ2n) is 3.91. The maximum Gasteiger partial charge on any atom is 0.0719 e. The van der Waals surface area contributed by atoms with Crippen LogP contribution in [-0.4, -0.2) is 15.8 Å². The highest BCUT2D eigenvalue weighted by Crippen LogP contribution is 2.22. The van der Waals surface area contributed by atoms with Gasteiger partial charge in [0.25, 0.3) is 0 Å². The standard InChI is InChI=1S/C11H14ClN3/c1-7(13)5-10-9-6-8(12)3-4-11(9)15(2)14-10/h3-4,6-7H,5,13H2,1-2H3. The molecule has 2 N–H and O–H groups in total. The number of aromatic nitrogens is 2. The lowest BCUT2D eigenvalue weighted by Crippen LogP contribution is -2.18. The molecular formula is C11H14ClN3. The molecule has 2 rings (SSSR count). The first kappa shape index (κ1) is 10.5. The summed E-state index contributed by atoms with van der Waals surface area (Å²) in [6.07, 6.45) is 0.775. The molecule has 0 saturated heterocycles. The lowest BCUT2D eigenvalue weighted by molar-refractivity contribution is 0.693. The van der Waals surface area contributed by atoms with Gasteiger partial charge in [-0.1, -0.05) is 11.6 Å². The monoisotopic (exact) mass is 223 g/mol. The Morgan fingerprint density at radius 3 is 2.93 bits per heavy atom. The van der Waals surface area contributed by atoms with Gasteiger partial charge in [-0.15, -0.1) is 0 Å². The average molecular weight is 224 g/mol. The fourth-order valence-corrected chi connectivity index (χ4v) is 1.94. The average Bonchev–Trinajstić information content (AvgIpc) is 2.42. The van der Waals surface area contributed by atoms with Crippen LogP contribution in [-0.2, 0) is 13.5 Å². The third-order valence-electron chi connectivity index (χ3n) is 2.40. The lowest BCUT2D eigenvalue weighted by atomic mass is 10.1. The molecule has 1 heterocycles. The second-order valence-corrected chi connectivity index (χ2v) is 4.35. The highest BCUT2D eigenvalue weighted by Gasteiger charge is 2.10. The summed E-state index contributed by atoms with van der Waals surface area (Å²) in [7, 11) is 1.93. The first-order valence-electron chi connectivity index (χ1n) is 4.94. The molecule has 4 heteroatoms. The van der Waals surface area contributed by atoms with Gasteiger partial charge in [-0.05, 0) is 25.1 Å². The Labute approximate surface area is 93.8 Å². The number of nitrogens with zero attached hydrogens (tertiary/aromatic N) is 2. The zero-order valence-electron chi connectivity index (χ0n) is 8.87. The zero-order chi connectivity index (χ0) is 11.0. The topological polar surface area (TPSA) is 43.8 Å². The molecule has 1 atom stereocenters. The number of hydrogen-bond acceptors (Lipinski definition) is 2. The van der Waals surface area contributed by atoms with Crippen molar-refractivity contribution in [3.05, 3.63) is 28.9 Å². The summed E-state index contributed by atoms with van der Waals surface area (Å²) in [6.45, 7) is 1.98. The van der Waals surface area contributed by atoms with Crippen molar-refractivity contribution >= 4 is 22.5 Å². The molecule has 0 radical (unpaired) electrons. The van der Waals surface area contributed by atoms with Gasteiger partial charge < -0.3 is 5.73 Å². The van der Waals surface area contributed by atoms with Crippen LogP contribution in [0.5, 0.6) is 0 Å². The van der Waals surface area contributed by atoms with E-state index in [-0.39, 0.29) is 6.04 Å². The van der Waals surface area contributed by atoms with Crippen LogP contribution < -0.4 is 5.73 Å². The minimum Gasteiger partial charge on any atom is -0.328 e. The van der Waals surface area contributed by atoms with Crippen molar-refractivity contribution in [1.29, 1.82) is 0 Å². The van der Waals surface area contributed by atoms with Gasteiger partial charge in [0.15, 0.2) is 0 Å². The summed E-state index contributed by atoms with van der Waals surface area (Å²) in [5.41, 5.74) is 7.89. The van der Waals surface area contributed by atoms with Crippen LogP contribution in [0.3, 0.4) is 0 Å². The van der Waals surface area contributed by atoms with E-state index in [1.807, 2.05) is 36.9 Å². The highest BCUT2D eigenvalue weighted by atomic mass is 35.5. The van der Waals surface area contributed by atoms with Gasteiger partial charge in [0.05, 0.1) is 11.2 Å². The summed E-state index contributed by atoms with van der Waals surface area (Å²) in [5.74, 6) is 0. The number of aryl methyl sites for hydroxylation is 1. The fourth-order valence-electron chi connectivity index (χ4n) is 1.77. The van der Waals surface area contributed by atoms with Crippen LogP contribution in [0.15, 0.2) is 18.2 Å². The molecule has 3 nitrogen and oxygen atoms in total. The number of halogens is 1. The van der Waals surface area contributed by atoms with Crippen LogP contribution in [0.2, 0.25) is 5.02 Å². The smallest absolute Gasteiger partial charge is 0.0719 e. The normalized spacial score (nSPS) is 13.3. The molecule has 1 aromatic carbocycles. The molecule has 2 aromatic rings. The van der Waals surface area contributed by atoms with Gasteiger partial charge in [0.2, 0.25) is 0 Å². The van der Waals surface area contributed by atoms with Gasteiger partial charge in [0.1, 0.15) is 0 Å². The predicted molar refractivity (Wildman–Crippen MR) is 63.1 cm³/mol. The Kier molecular flexibility index (Phi) is 2.67. The van der Waals surface area contributed by atoms with Crippen LogP contribution in [0.25, 0.3) is 10.9 Å². The van der Waals surface area contributed by atoms with E-state index in [0.29, 0.717) is 0 Å². The molecule has 1 unspecified atom stereocenters. The Balaban J connectivity index is 2.59. The van der Waals surface area contributed by atoms with Crippen LogP contribution in [0.1, 0.15) is 12.6 Å². The molecule has 80 valence electrons.